The molecule has 1 saturated heterocycles. The molecule has 0 saturated carbocycles. The molecular weight excluding hydrogens is 1040 g/mol. The van der Waals surface area contributed by atoms with Crippen molar-refractivity contribution >= 4 is 92.4 Å². The van der Waals surface area contributed by atoms with Gasteiger partial charge in [0.15, 0.2) is 5.96 Å². The van der Waals surface area contributed by atoms with E-state index in [1.54, 1.807) is 30.5 Å². The normalized spacial score (nSPS) is 20.8. The summed E-state index contributed by atoms with van der Waals surface area (Å²) in [4.78, 5) is 140. The highest BCUT2D eigenvalue weighted by atomic mass is 35.5. The lowest BCUT2D eigenvalue weighted by molar-refractivity contribution is -0.136. The van der Waals surface area contributed by atoms with E-state index in [0.717, 1.165) is 10.8 Å². The van der Waals surface area contributed by atoms with Gasteiger partial charge in [-0.15, -0.1) is 0 Å². The van der Waals surface area contributed by atoms with E-state index in [4.69, 9.17) is 28.8 Å². The van der Waals surface area contributed by atoms with Crippen molar-refractivity contribution in [2.75, 3.05) is 13.1 Å². The molecule has 422 valence electrons. The molecule has 24 nitrogen and oxygen atoms in total. The van der Waals surface area contributed by atoms with Gasteiger partial charge < -0.3 is 69.7 Å². The van der Waals surface area contributed by atoms with Gasteiger partial charge in [-0.25, -0.2) is 4.98 Å². The van der Waals surface area contributed by atoms with E-state index in [1.807, 2.05) is 43.3 Å². The second kappa shape index (κ2) is 29.3. The Kier molecular flexibility index (Phi) is 22.1. The zero-order chi connectivity index (χ0) is 57.0. The van der Waals surface area contributed by atoms with Crippen LogP contribution in [0.5, 0.6) is 0 Å². The standard InChI is InChI=1S/C54H70ClN15O9/c1-3-4-12-40(64-30(2)71)48(74)70-45-26-46(72)60-19-8-7-13-39(47(56)73)65-51(77)43(23-34-27-62-38-18-17-35(55)24-37(34)38)68-49(75)41(14-9-20-61-54(57)58)66-50(76)42(22-31-15-16-32-10-5-6-11-33(32)21-31)67-52(78)44(69-53(45)79)25-36-28-59-29-63-36/h5-6,10-11,15-18,21,24,27-29,39-45,62H,3-4,7-9,12-14,19-20,22-23,25-26H2,1-2H3,(H2,56,73)(H,59,63)(H,60,72)(H,64,71)(H,65,77)(H,66,76)(H,67,78)(H,68,75)(H,69,79)(H,70,74)(H4,57,58,61)/t39-,40-,41-,42+,43-,44-,45-/m0/s1. The fourth-order valence-electron chi connectivity index (χ4n) is 9.17. The van der Waals surface area contributed by atoms with Crippen LogP contribution in [-0.2, 0) is 62.4 Å². The first-order valence-electron chi connectivity index (χ1n) is 26.3. The number of rotatable bonds is 17. The first kappa shape index (κ1) is 59.7. The fourth-order valence-corrected chi connectivity index (χ4v) is 9.34. The molecule has 0 radical (unpaired) electrons. The molecule has 2 aromatic heterocycles. The number of imidazole rings is 1. The van der Waals surface area contributed by atoms with Crippen LogP contribution in [0.4, 0.5) is 0 Å². The van der Waals surface area contributed by atoms with Gasteiger partial charge in [-0.05, 0) is 78.6 Å². The van der Waals surface area contributed by atoms with Gasteiger partial charge in [-0.2, -0.15) is 0 Å². The number of aromatic amines is 2. The number of hydrogen-bond donors (Lipinski definition) is 13. The second-order valence-electron chi connectivity index (χ2n) is 19.5. The summed E-state index contributed by atoms with van der Waals surface area (Å²) in [6, 6.07) is 8.52. The average Bonchev–Trinajstić information content (AvgIpc) is 4.15. The van der Waals surface area contributed by atoms with E-state index in [9.17, 15) is 43.2 Å². The van der Waals surface area contributed by atoms with Crippen LogP contribution in [0.25, 0.3) is 21.7 Å². The number of aliphatic imine (C=N–C) groups is 1. The van der Waals surface area contributed by atoms with Gasteiger partial charge in [-0.1, -0.05) is 73.8 Å². The van der Waals surface area contributed by atoms with Crippen LogP contribution in [-0.4, -0.2) is 129 Å². The Bertz CT molecular complexity index is 3000. The molecule has 1 aliphatic heterocycles. The minimum Gasteiger partial charge on any atom is -0.370 e. The number of H-pyrrole nitrogens is 2. The largest absolute Gasteiger partial charge is 0.370 e. The molecule has 3 heterocycles. The van der Waals surface area contributed by atoms with Crippen molar-refractivity contribution in [1.29, 1.82) is 0 Å². The molecule has 7 atom stereocenters. The van der Waals surface area contributed by atoms with Gasteiger partial charge in [0, 0.05) is 73.3 Å². The van der Waals surface area contributed by atoms with Crippen molar-refractivity contribution in [3.63, 3.8) is 0 Å². The molecule has 25 heteroatoms. The van der Waals surface area contributed by atoms with Crippen LogP contribution in [0.1, 0.15) is 88.5 Å². The van der Waals surface area contributed by atoms with Crippen LogP contribution < -0.4 is 59.7 Å². The quantitative estimate of drug-likeness (QED) is 0.0345. The lowest BCUT2D eigenvalue weighted by Gasteiger charge is -2.28. The molecule has 9 amide bonds. The second-order valence-corrected chi connectivity index (χ2v) is 20.0. The number of guanidine groups is 1. The van der Waals surface area contributed by atoms with Crippen molar-refractivity contribution in [2.24, 2.45) is 22.2 Å². The molecular formula is C54H70ClN15O9. The number of aromatic nitrogens is 3. The third-order valence-electron chi connectivity index (χ3n) is 13.3. The van der Waals surface area contributed by atoms with Crippen LogP contribution >= 0.6 is 11.6 Å². The Morgan fingerprint density at radius 3 is 2.15 bits per heavy atom. The maximum absolute atomic E-state index is 15.0. The predicted octanol–water partition coefficient (Wildman–Crippen LogP) is 0.558. The number of nitrogens with two attached hydrogens (primary N) is 3. The summed E-state index contributed by atoms with van der Waals surface area (Å²) in [6.45, 7) is 3.22. The number of carbonyl (C=O) groups excluding carboxylic acids is 9. The molecule has 5 aromatic rings. The zero-order valence-electron chi connectivity index (χ0n) is 44.1. The van der Waals surface area contributed by atoms with Crippen LogP contribution in [0.15, 0.2) is 84.4 Å². The molecule has 1 fully saturated rings. The molecule has 1 aliphatic rings. The molecule has 16 N–H and O–H groups in total. The van der Waals surface area contributed by atoms with Gasteiger partial charge in [0.1, 0.15) is 42.3 Å². The minimum absolute atomic E-state index is 0.0184. The molecule has 3 aromatic carbocycles. The van der Waals surface area contributed by atoms with Crippen molar-refractivity contribution in [2.45, 2.75) is 133 Å². The maximum Gasteiger partial charge on any atom is 0.243 e. The lowest BCUT2D eigenvalue weighted by Crippen LogP contribution is -2.61. The predicted molar refractivity (Wildman–Crippen MR) is 296 cm³/mol. The van der Waals surface area contributed by atoms with Crippen molar-refractivity contribution < 1.29 is 43.2 Å². The zero-order valence-corrected chi connectivity index (χ0v) is 44.9. The van der Waals surface area contributed by atoms with Crippen molar-refractivity contribution in [1.82, 2.24) is 57.5 Å². The maximum atomic E-state index is 15.0. The fraction of sp³-hybridized carbons (Fsp3) is 0.426. The first-order chi connectivity index (χ1) is 37.9. The lowest BCUT2D eigenvalue weighted by atomic mass is 9.99. The Morgan fingerprint density at radius 1 is 0.772 bits per heavy atom. The molecule has 0 aliphatic carbocycles. The van der Waals surface area contributed by atoms with Crippen molar-refractivity contribution in [3.05, 3.63) is 101 Å². The number of benzene rings is 3. The number of nitrogens with zero attached hydrogens (tertiary/aromatic N) is 2. The van der Waals surface area contributed by atoms with E-state index in [-0.39, 0.29) is 76.8 Å². The van der Waals surface area contributed by atoms with Gasteiger partial charge >= 0.3 is 0 Å². The summed E-state index contributed by atoms with van der Waals surface area (Å²) in [5.41, 5.74) is 19.3. The van der Waals surface area contributed by atoms with Gasteiger partial charge in [-0.3, -0.25) is 48.1 Å². The minimum atomic E-state index is -1.59. The Labute approximate surface area is 461 Å². The number of halogens is 1. The highest BCUT2D eigenvalue weighted by molar-refractivity contribution is 6.31. The third kappa shape index (κ3) is 18.3. The van der Waals surface area contributed by atoms with Crippen LogP contribution in [0.2, 0.25) is 5.02 Å². The van der Waals surface area contributed by atoms with Gasteiger partial charge in [0.25, 0.3) is 0 Å². The number of primary amides is 1. The van der Waals surface area contributed by atoms with E-state index >= 15 is 0 Å². The number of fused-ring (bicyclic) bond motifs is 2. The van der Waals surface area contributed by atoms with E-state index < -0.39 is 102 Å². The number of hydrogen-bond acceptors (Lipinski definition) is 11. The SMILES string of the molecule is CCCC[C@H](NC(C)=O)C(=O)N[C@H]1CC(=O)NCCCC[C@@H](C(N)=O)NC(=O)[C@H](Cc2c[nH]c3ccc(Cl)cc23)NC(=O)[C@H](CCCN=C(N)N)NC(=O)[C@@H](Cc2ccc3ccccc3c2)NC(=O)[C@H](Cc2cnc[nH]2)NC1=O. The smallest absolute Gasteiger partial charge is 0.243 e. The summed E-state index contributed by atoms with van der Waals surface area (Å²) >= 11 is 6.39. The molecule has 0 unspecified atom stereocenters. The molecule has 6 rings (SSSR count). The Morgan fingerprint density at radius 2 is 1.46 bits per heavy atom. The molecule has 79 heavy (non-hydrogen) atoms. The van der Waals surface area contributed by atoms with E-state index in [0.29, 0.717) is 45.6 Å². The summed E-state index contributed by atoms with van der Waals surface area (Å²) in [7, 11) is 0. The highest BCUT2D eigenvalue weighted by Crippen LogP contribution is 2.24. The number of unbranched alkanes of at least 4 members (excludes halogenated alkanes) is 1. The van der Waals surface area contributed by atoms with Crippen LogP contribution in [0, 0.1) is 0 Å². The van der Waals surface area contributed by atoms with Gasteiger partial charge in [0.2, 0.25) is 53.2 Å². The summed E-state index contributed by atoms with van der Waals surface area (Å²) in [5, 5.41) is 24.5. The average molecular weight is 1110 g/mol. The third-order valence-corrected chi connectivity index (χ3v) is 13.6. The molecule has 0 spiro atoms. The van der Waals surface area contributed by atoms with E-state index in [2.05, 4.69) is 62.5 Å². The number of nitrogens with one attached hydrogen (secondary N) is 10. The van der Waals surface area contributed by atoms with Crippen LogP contribution in [0.3, 0.4) is 0 Å². The Hall–Kier alpha value is -8.54. The summed E-state index contributed by atoms with van der Waals surface area (Å²) in [5.74, 6) is -7.26. The summed E-state index contributed by atoms with van der Waals surface area (Å²) < 4.78 is 0. The number of amides is 9. The van der Waals surface area contributed by atoms with Gasteiger partial charge in [0.05, 0.1) is 12.7 Å². The monoisotopic (exact) mass is 1110 g/mol. The number of carbonyl (C=O) groups is 9. The highest BCUT2D eigenvalue weighted by Gasteiger charge is 2.35. The van der Waals surface area contributed by atoms with E-state index in [1.165, 1.54) is 19.4 Å². The molecule has 0 bridgehead atoms. The first-order valence-corrected chi connectivity index (χ1v) is 26.7. The Balaban J connectivity index is 1.41. The van der Waals surface area contributed by atoms with Crippen molar-refractivity contribution in [3.8, 4) is 0 Å². The summed E-state index contributed by atoms with van der Waals surface area (Å²) in [6.07, 6.45) is 5.42. The topological polar surface area (TPSA) is 385 Å².